The highest BCUT2D eigenvalue weighted by molar-refractivity contribution is 6.46. The quantitative estimate of drug-likeness (QED) is 0.259. The Kier molecular flexibility index (Phi) is 7.95. The third-order valence-electron chi connectivity index (χ3n) is 7.10. The zero-order valence-corrected chi connectivity index (χ0v) is 21.9. The van der Waals surface area contributed by atoms with Crippen LogP contribution >= 0.6 is 0 Å². The fourth-order valence-electron chi connectivity index (χ4n) is 5.06. The Morgan fingerprint density at radius 1 is 0.974 bits per heavy atom. The molecule has 1 atom stereocenters. The summed E-state index contributed by atoms with van der Waals surface area (Å²) in [5.41, 5.74) is 3.15. The van der Waals surface area contributed by atoms with Crippen LogP contribution in [0.4, 0.5) is 0 Å². The molecule has 2 aliphatic rings. The minimum Gasteiger partial charge on any atom is -0.508 e. The number of ether oxygens (including phenoxy) is 2. The molecule has 2 N–H and O–H groups in total. The van der Waals surface area contributed by atoms with Crippen molar-refractivity contribution in [1.82, 2.24) is 9.80 Å². The number of Topliss-reactive ketones (excluding diaryl/α,β-unsaturated/α-hetero) is 1. The number of hydrogen-bond acceptors (Lipinski definition) is 7. The van der Waals surface area contributed by atoms with Crippen molar-refractivity contribution in [3.05, 3.63) is 101 Å². The summed E-state index contributed by atoms with van der Waals surface area (Å²) in [6, 6.07) is 20.5. The molecule has 2 fully saturated rings. The number of aliphatic hydroxyl groups excluding tert-OH is 1. The van der Waals surface area contributed by atoms with Gasteiger partial charge in [0.1, 0.15) is 23.9 Å². The van der Waals surface area contributed by atoms with Crippen molar-refractivity contribution in [3.63, 3.8) is 0 Å². The van der Waals surface area contributed by atoms with Crippen LogP contribution in [0.3, 0.4) is 0 Å². The first-order valence-corrected chi connectivity index (χ1v) is 13.1. The Balaban J connectivity index is 1.41. The van der Waals surface area contributed by atoms with Gasteiger partial charge in [0, 0.05) is 31.7 Å². The first-order valence-electron chi connectivity index (χ1n) is 13.1. The maximum absolute atomic E-state index is 13.3. The van der Waals surface area contributed by atoms with Crippen molar-refractivity contribution in [1.29, 1.82) is 0 Å². The molecular weight excluding hydrogens is 496 g/mol. The Morgan fingerprint density at radius 3 is 2.44 bits per heavy atom. The standard InChI is InChI=1S/C31H32N2O6/c1-21-4-2-5-22(18-21)20-39-26-10-8-23(9-11-26)29(35)27-28(24-6-3-7-25(34)19-24)33(31(37)30(27)36)13-12-32-14-16-38-17-15-32/h2-11,18-19,28,34-35H,12-17,20H2,1H3/t28-/m1/s1. The molecule has 0 aromatic heterocycles. The van der Waals surface area contributed by atoms with Crippen LogP contribution in [0.1, 0.15) is 28.3 Å². The molecule has 0 unspecified atom stereocenters. The van der Waals surface area contributed by atoms with Crippen LogP contribution in [-0.4, -0.2) is 71.1 Å². The van der Waals surface area contributed by atoms with Gasteiger partial charge < -0.3 is 24.6 Å². The number of aryl methyl sites for hydroxylation is 1. The molecule has 3 aromatic carbocycles. The van der Waals surface area contributed by atoms with E-state index >= 15 is 0 Å². The first-order chi connectivity index (χ1) is 18.9. The summed E-state index contributed by atoms with van der Waals surface area (Å²) in [5, 5.41) is 21.5. The minimum absolute atomic E-state index is 0.000932. The smallest absolute Gasteiger partial charge is 0.295 e. The van der Waals surface area contributed by atoms with Crippen LogP contribution in [0.25, 0.3) is 5.76 Å². The summed E-state index contributed by atoms with van der Waals surface area (Å²) in [6.07, 6.45) is 0. The van der Waals surface area contributed by atoms with Gasteiger partial charge in [0.25, 0.3) is 11.7 Å². The molecule has 8 nitrogen and oxygen atoms in total. The van der Waals surface area contributed by atoms with E-state index in [-0.39, 0.29) is 17.1 Å². The van der Waals surface area contributed by atoms with Gasteiger partial charge in [-0.1, -0.05) is 42.0 Å². The molecular formula is C31H32N2O6. The van der Waals surface area contributed by atoms with Crippen molar-refractivity contribution in [3.8, 4) is 11.5 Å². The summed E-state index contributed by atoms with van der Waals surface area (Å²) >= 11 is 0. The van der Waals surface area contributed by atoms with Gasteiger partial charge in [0.2, 0.25) is 0 Å². The van der Waals surface area contributed by atoms with E-state index in [1.54, 1.807) is 36.4 Å². The number of hydrogen-bond donors (Lipinski definition) is 2. The maximum atomic E-state index is 13.3. The Hall–Kier alpha value is -4.14. The minimum atomic E-state index is -0.824. The second-order valence-corrected chi connectivity index (χ2v) is 9.84. The fourth-order valence-corrected chi connectivity index (χ4v) is 5.06. The van der Waals surface area contributed by atoms with Gasteiger partial charge in [-0.25, -0.2) is 0 Å². The Bertz CT molecular complexity index is 1380. The first kappa shape index (κ1) is 26.5. The van der Waals surface area contributed by atoms with Crippen LogP contribution in [0.15, 0.2) is 78.4 Å². The number of morpholine rings is 1. The number of aliphatic hydroxyl groups is 1. The molecule has 202 valence electrons. The predicted molar refractivity (Wildman–Crippen MR) is 146 cm³/mol. The number of rotatable bonds is 8. The van der Waals surface area contributed by atoms with Gasteiger partial charge in [0.15, 0.2) is 0 Å². The summed E-state index contributed by atoms with van der Waals surface area (Å²) in [5.74, 6) is -1.05. The van der Waals surface area contributed by atoms with Gasteiger partial charge in [-0.15, -0.1) is 0 Å². The molecule has 39 heavy (non-hydrogen) atoms. The second-order valence-electron chi connectivity index (χ2n) is 9.84. The van der Waals surface area contributed by atoms with Gasteiger partial charge in [-0.3, -0.25) is 14.5 Å². The lowest BCUT2D eigenvalue weighted by molar-refractivity contribution is -0.140. The van der Waals surface area contributed by atoms with E-state index < -0.39 is 17.7 Å². The SMILES string of the molecule is Cc1cccc(COc2ccc(C(O)=C3C(=O)C(=O)N(CCN4CCOCC4)[C@@H]3c3cccc(O)c3)cc2)c1. The van der Waals surface area contributed by atoms with E-state index in [1.165, 1.54) is 17.0 Å². The third-order valence-corrected chi connectivity index (χ3v) is 7.10. The topological polar surface area (TPSA) is 99.5 Å². The average Bonchev–Trinajstić information content (AvgIpc) is 3.20. The molecule has 0 bridgehead atoms. The molecule has 0 spiro atoms. The van der Waals surface area contributed by atoms with E-state index in [0.29, 0.717) is 49.8 Å². The molecule has 0 saturated carbocycles. The summed E-state index contributed by atoms with van der Waals surface area (Å²) in [7, 11) is 0. The number of nitrogens with zero attached hydrogens (tertiary/aromatic N) is 2. The molecule has 2 saturated heterocycles. The van der Waals surface area contributed by atoms with E-state index in [1.807, 2.05) is 25.1 Å². The summed E-state index contributed by atoms with van der Waals surface area (Å²) in [6.45, 7) is 6.04. The third kappa shape index (κ3) is 5.97. The highest BCUT2D eigenvalue weighted by Gasteiger charge is 2.46. The summed E-state index contributed by atoms with van der Waals surface area (Å²) in [4.78, 5) is 30.1. The number of likely N-dealkylation sites (tertiary alicyclic amines) is 1. The number of phenolic OH excluding ortho intramolecular Hbond substituents is 1. The molecule has 8 heteroatoms. The molecule has 0 radical (unpaired) electrons. The van der Waals surface area contributed by atoms with Crippen molar-refractivity contribution in [2.24, 2.45) is 0 Å². The van der Waals surface area contributed by atoms with E-state index in [2.05, 4.69) is 11.0 Å². The van der Waals surface area contributed by atoms with Crippen LogP contribution in [-0.2, 0) is 20.9 Å². The van der Waals surface area contributed by atoms with E-state index in [0.717, 1.165) is 24.2 Å². The largest absolute Gasteiger partial charge is 0.508 e. The number of benzene rings is 3. The van der Waals surface area contributed by atoms with Crippen LogP contribution in [0, 0.1) is 6.92 Å². The zero-order valence-electron chi connectivity index (χ0n) is 21.9. The fraction of sp³-hybridized carbons (Fsp3) is 0.290. The lowest BCUT2D eigenvalue weighted by Gasteiger charge is -2.31. The Labute approximate surface area is 227 Å². The predicted octanol–water partition coefficient (Wildman–Crippen LogP) is 4.03. The summed E-state index contributed by atoms with van der Waals surface area (Å²) < 4.78 is 11.3. The second kappa shape index (κ2) is 11.7. The highest BCUT2D eigenvalue weighted by Crippen LogP contribution is 2.40. The highest BCUT2D eigenvalue weighted by atomic mass is 16.5. The molecule has 3 aromatic rings. The maximum Gasteiger partial charge on any atom is 0.295 e. The van der Waals surface area contributed by atoms with Crippen LogP contribution in [0.5, 0.6) is 11.5 Å². The van der Waals surface area contributed by atoms with Gasteiger partial charge >= 0.3 is 0 Å². The van der Waals surface area contributed by atoms with Crippen molar-refractivity contribution >= 4 is 17.4 Å². The van der Waals surface area contributed by atoms with E-state index in [4.69, 9.17) is 9.47 Å². The zero-order chi connectivity index (χ0) is 27.4. The van der Waals surface area contributed by atoms with Crippen LogP contribution < -0.4 is 4.74 Å². The van der Waals surface area contributed by atoms with Gasteiger partial charge in [0.05, 0.1) is 24.8 Å². The lowest BCUT2D eigenvalue weighted by Crippen LogP contribution is -2.42. The van der Waals surface area contributed by atoms with Gasteiger partial charge in [-0.05, 0) is 54.4 Å². The Morgan fingerprint density at radius 2 is 1.72 bits per heavy atom. The average molecular weight is 529 g/mol. The monoisotopic (exact) mass is 528 g/mol. The van der Waals surface area contributed by atoms with Crippen molar-refractivity contribution in [2.75, 3.05) is 39.4 Å². The van der Waals surface area contributed by atoms with Gasteiger partial charge in [-0.2, -0.15) is 0 Å². The van der Waals surface area contributed by atoms with Crippen molar-refractivity contribution < 1.29 is 29.3 Å². The molecule has 5 rings (SSSR count). The van der Waals surface area contributed by atoms with Crippen molar-refractivity contribution in [2.45, 2.75) is 19.6 Å². The lowest BCUT2D eigenvalue weighted by atomic mass is 9.95. The normalized spacial score (nSPS) is 19.4. The number of carbonyl (C=O) groups is 2. The molecule has 0 aliphatic carbocycles. The number of ketones is 1. The van der Waals surface area contributed by atoms with Crippen LogP contribution in [0.2, 0.25) is 0 Å². The molecule has 1 amide bonds. The number of aromatic hydroxyl groups is 1. The number of amides is 1. The molecule has 2 aliphatic heterocycles. The van der Waals surface area contributed by atoms with E-state index in [9.17, 15) is 19.8 Å². The number of carbonyl (C=O) groups excluding carboxylic acids is 2. The number of phenols is 1. The molecule has 2 heterocycles.